The van der Waals surface area contributed by atoms with E-state index in [-0.39, 0.29) is 22.4 Å². The number of hydrogen-bond acceptors (Lipinski definition) is 5. The van der Waals surface area contributed by atoms with Crippen LogP contribution in [0.2, 0.25) is 0 Å². The van der Waals surface area contributed by atoms with Gasteiger partial charge in [-0.05, 0) is 68.3 Å². The Morgan fingerprint density at radius 2 is 2.00 bits per heavy atom. The molecule has 1 atom stereocenters. The van der Waals surface area contributed by atoms with Gasteiger partial charge in [-0.25, -0.2) is 9.37 Å². The minimum absolute atomic E-state index is 0.0644. The van der Waals surface area contributed by atoms with Gasteiger partial charge in [0.15, 0.2) is 5.78 Å². The van der Waals surface area contributed by atoms with Crippen LogP contribution in [-0.4, -0.2) is 40.7 Å². The minimum atomic E-state index is -0.668. The van der Waals surface area contributed by atoms with Gasteiger partial charge < -0.3 is 20.9 Å². The highest BCUT2D eigenvalue weighted by atomic mass is 19.1. The number of halogens is 1. The fourth-order valence-electron chi connectivity index (χ4n) is 5.06. The summed E-state index contributed by atoms with van der Waals surface area (Å²) in [5.74, 6) is -1.33. The summed E-state index contributed by atoms with van der Waals surface area (Å²) in [6, 6.07) is 9.09. The number of anilines is 2. The number of hydrogen-bond donors (Lipinski definition) is 4. The van der Waals surface area contributed by atoms with Crippen molar-refractivity contribution >= 4 is 29.1 Å². The number of nitrogens with one attached hydrogen (secondary N) is 4. The molecule has 9 heteroatoms. The number of benzene rings is 1. The Labute approximate surface area is 207 Å². The predicted octanol–water partition coefficient (Wildman–Crippen LogP) is 4.19. The zero-order chi connectivity index (χ0) is 25.3. The molecular weight excluding hydrogens is 461 g/mol. The Bertz CT molecular complexity index is 1370. The monoisotopic (exact) mass is 487 g/mol. The predicted molar refractivity (Wildman–Crippen MR) is 135 cm³/mol. The smallest absolute Gasteiger partial charge is 0.256 e. The fourth-order valence-corrected chi connectivity index (χ4v) is 5.06. The second-order valence-electron chi connectivity index (χ2n) is 9.23. The molecule has 3 heterocycles. The summed E-state index contributed by atoms with van der Waals surface area (Å²) in [5.41, 5.74) is 3.25. The van der Waals surface area contributed by atoms with E-state index in [0.29, 0.717) is 12.2 Å². The SMILES string of the molecule is C=CC(=O)Nc1cc(C(=O)Nc2cc(-c3cc4c([nH]3)C3(CCCNC3)CCC4=O)ccn2)ccc1F. The first kappa shape index (κ1) is 23.6. The van der Waals surface area contributed by atoms with Crippen molar-refractivity contribution in [1.29, 1.82) is 0 Å². The molecule has 36 heavy (non-hydrogen) atoms. The number of ketones is 1. The number of aromatic nitrogens is 2. The molecule has 0 bridgehead atoms. The third kappa shape index (κ3) is 4.45. The van der Waals surface area contributed by atoms with E-state index in [0.717, 1.165) is 67.0 Å². The van der Waals surface area contributed by atoms with Crippen LogP contribution in [0.25, 0.3) is 11.3 Å². The topological polar surface area (TPSA) is 116 Å². The maximum atomic E-state index is 14.0. The second kappa shape index (κ2) is 9.50. The van der Waals surface area contributed by atoms with Crippen LogP contribution in [-0.2, 0) is 10.2 Å². The minimum Gasteiger partial charge on any atom is -0.357 e. The lowest BCUT2D eigenvalue weighted by Crippen LogP contribution is -2.46. The zero-order valence-electron chi connectivity index (χ0n) is 19.6. The molecule has 4 N–H and O–H groups in total. The van der Waals surface area contributed by atoms with Gasteiger partial charge in [-0.2, -0.15) is 0 Å². The number of nitrogens with zero attached hydrogens (tertiary/aromatic N) is 1. The first-order valence-corrected chi connectivity index (χ1v) is 11.9. The van der Waals surface area contributed by atoms with Gasteiger partial charge in [0.2, 0.25) is 5.91 Å². The van der Waals surface area contributed by atoms with Crippen molar-refractivity contribution in [3.63, 3.8) is 0 Å². The molecule has 2 aliphatic rings. The van der Waals surface area contributed by atoms with Crippen molar-refractivity contribution in [3.05, 3.63) is 77.9 Å². The largest absolute Gasteiger partial charge is 0.357 e. The van der Waals surface area contributed by atoms with Gasteiger partial charge >= 0.3 is 0 Å². The lowest BCUT2D eigenvalue weighted by atomic mass is 9.69. The van der Waals surface area contributed by atoms with Crippen LogP contribution < -0.4 is 16.0 Å². The van der Waals surface area contributed by atoms with E-state index in [1.165, 1.54) is 12.1 Å². The molecule has 2 amide bonds. The summed E-state index contributed by atoms with van der Waals surface area (Å²) in [5, 5.41) is 8.53. The molecule has 3 aromatic rings. The van der Waals surface area contributed by atoms with E-state index in [1.54, 1.807) is 12.3 Å². The number of aromatic amines is 1. The molecule has 1 unspecified atom stereocenters. The number of piperidine rings is 1. The van der Waals surface area contributed by atoms with Gasteiger partial charge in [-0.3, -0.25) is 14.4 Å². The highest BCUT2D eigenvalue weighted by Crippen LogP contribution is 2.43. The van der Waals surface area contributed by atoms with Crippen LogP contribution in [0, 0.1) is 5.82 Å². The Hall–Kier alpha value is -4.11. The van der Waals surface area contributed by atoms with Crippen LogP contribution in [0.1, 0.15) is 52.1 Å². The van der Waals surface area contributed by atoms with Crippen LogP contribution in [0.15, 0.2) is 55.3 Å². The molecule has 1 saturated heterocycles. The average Bonchev–Trinajstić information content (AvgIpc) is 3.36. The Balaban J connectivity index is 1.39. The number of pyridine rings is 1. The first-order chi connectivity index (χ1) is 17.4. The highest BCUT2D eigenvalue weighted by Gasteiger charge is 2.42. The quantitative estimate of drug-likeness (QED) is 0.403. The van der Waals surface area contributed by atoms with Crippen LogP contribution >= 0.6 is 0 Å². The lowest BCUT2D eigenvalue weighted by molar-refractivity contribution is -0.111. The summed E-state index contributed by atoms with van der Waals surface area (Å²) >= 11 is 0. The molecule has 0 saturated carbocycles. The number of rotatable bonds is 5. The molecule has 1 aliphatic heterocycles. The van der Waals surface area contributed by atoms with Crippen molar-refractivity contribution in [2.45, 2.75) is 31.1 Å². The molecule has 184 valence electrons. The summed E-state index contributed by atoms with van der Waals surface area (Å²) < 4.78 is 14.0. The van der Waals surface area contributed by atoms with Crippen molar-refractivity contribution in [3.8, 4) is 11.3 Å². The van der Waals surface area contributed by atoms with E-state index in [2.05, 4.69) is 32.5 Å². The van der Waals surface area contributed by atoms with E-state index in [4.69, 9.17) is 0 Å². The molecule has 2 aromatic heterocycles. The van der Waals surface area contributed by atoms with E-state index in [1.807, 2.05) is 12.1 Å². The lowest BCUT2D eigenvalue weighted by Gasteiger charge is -2.40. The van der Waals surface area contributed by atoms with Gasteiger partial charge in [0.05, 0.1) is 5.69 Å². The third-order valence-electron chi connectivity index (χ3n) is 6.94. The molecule has 1 fully saturated rings. The van der Waals surface area contributed by atoms with Gasteiger partial charge in [0.1, 0.15) is 11.6 Å². The maximum Gasteiger partial charge on any atom is 0.256 e. The zero-order valence-corrected chi connectivity index (χ0v) is 19.6. The van der Waals surface area contributed by atoms with Crippen molar-refractivity contribution < 1.29 is 18.8 Å². The summed E-state index contributed by atoms with van der Waals surface area (Å²) in [6.45, 7) is 5.17. The molecule has 5 rings (SSSR count). The van der Waals surface area contributed by atoms with Crippen LogP contribution in [0.4, 0.5) is 15.9 Å². The van der Waals surface area contributed by atoms with Gasteiger partial charge in [0, 0.05) is 52.7 Å². The Morgan fingerprint density at radius 1 is 1.14 bits per heavy atom. The summed E-state index contributed by atoms with van der Waals surface area (Å²) in [4.78, 5) is 44.8. The van der Waals surface area contributed by atoms with Gasteiger partial charge in [-0.15, -0.1) is 0 Å². The maximum absolute atomic E-state index is 14.0. The molecule has 8 nitrogen and oxygen atoms in total. The van der Waals surface area contributed by atoms with E-state index < -0.39 is 17.6 Å². The average molecular weight is 488 g/mol. The van der Waals surface area contributed by atoms with E-state index >= 15 is 0 Å². The number of H-pyrrole nitrogens is 1. The molecular formula is C27H26FN5O3. The number of carbonyl (C=O) groups excluding carboxylic acids is 3. The first-order valence-electron chi connectivity index (χ1n) is 11.9. The van der Waals surface area contributed by atoms with Crippen LogP contribution in [0.3, 0.4) is 0 Å². The standard InChI is InChI=1S/C27H26FN5O3/c1-2-24(35)31-21-12-17(4-5-19(21)28)26(36)33-23-13-16(7-11-30-23)20-14-18-22(34)6-9-27(25(18)32-20)8-3-10-29-15-27/h2,4-5,7,11-14,29,32H,1,3,6,8-10,15H2,(H,31,35)(H,30,33,36). The number of amides is 2. The van der Waals surface area contributed by atoms with Gasteiger partial charge in [0.25, 0.3) is 5.91 Å². The Morgan fingerprint density at radius 3 is 2.78 bits per heavy atom. The molecule has 1 spiro atoms. The van der Waals surface area contributed by atoms with E-state index in [9.17, 15) is 18.8 Å². The van der Waals surface area contributed by atoms with Gasteiger partial charge in [-0.1, -0.05) is 6.58 Å². The fraction of sp³-hybridized carbons (Fsp3) is 0.259. The van der Waals surface area contributed by atoms with Crippen molar-refractivity contribution in [1.82, 2.24) is 15.3 Å². The molecule has 0 radical (unpaired) electrons. The van der Waals surface area contributed by atoms with Crippen LogP contribution in [0.5, 0.6) is 0 Å². The highest BCUT2D eigenvalue weighted by molar-refractivity contribution is 6.06. The number of Topliss-reactive ketones (excluding diaryl/α,β-unsaturated/α-hetero) is 1. The number of fused-ring (bicyclic) bond motifs is 2. The number of carbonyl (C=O) groups is 3. The molecule has 1 aliphatic carbocycles. The summed E-state index contributed by atoms with van der Waals surface area (Å²) in [7, 11) is 0. The van der Waals surface area contributed by atoms with Crippen molar-refractivity contribution in [2.75, 3.05) is 23.7 Å². The molecule has 1 aromatic carbocycles. The second-order valence-corrected chi connectivity index (χ2v) is 9.23. The van der Waals surface area contributed by atoms with Crippen molar-refractivity contribution in [2.24, 2.45) is 0 Å². The Kier molecular flexibility index (Phi) is 6.24. The normalized spacial score (nSPS) is 19.0. The third-order valence-corrected chi connectivity index (χ3v) is 6.94. The summed E-state index contributed by atoms with van der Waals surface area (Å²) in [6.07, 6.45) is 6.05.